The van der Waals surface area contributed by atoms with Gasteiger partial charge in [0.15, 0.2) is 11.5 Å². The van der Waals surface area contributed by atoms with Crippen LogP contribution < -0.4 is 0 Å². The molecular weight excluding hydrogens is 634 g/mol. The van der Waals surface area contributed by atoms with Gasteiger partial charge in [0, 0.05) is 8.95 Å². The van der Waals surface area contributed by atoms with Crippen molar-refractivity contribution in [3.05, 3.63) is 112 Å². The van der Waals surface area contributed by atoms with Gasteiger partial charge >= 0.3 is 0 Å². The van der Waals surface area contributed by atoms with Crippen molar-refractivity contribution in [1.29, 1.82) is 0 Å². The maximum absolute atomic E-state index is 10.3. The average molecular weight is 646 g/mol. The molecule has 2 nitrogen and oxygen atoms in total. The zero-order valence-electron chi connectivity index (χ0n) is 16.4. The molecule has 0 aliphatic heterocycles. The van der Waals surface area contributed by atoms with Crippen LogP contribution in [0.15, 0.2) is 69.6 Å². The molecule has 1 aliphatic rings. The maximum atomic E-state index is 10.3. The standard InChI is InChI=1S/C25H12Br2Cl4O2/c26-13-1-3-15-16-4-2-14(27)10-18(16)25(17(15)9-13,11-5-19(28)23(32)20(29)6-11)12-7-21(30)24(33)22(31)8-12/h1-10,32-33H. The first-order valence-corrected chi connectivity index (χ1v) is 12.7. The van der Waals surface area contributed by atoms with Crippen molar-refractivity contribution in [3.63, 3.8) is 0 Å². The van der Waals surface area contributed by atoms with Crippen LogP contribution in [0.2, 0.25) is 20.1 Å². The van der Waals surface area contributed by atoms with Crippen molar-refractivity contribution in [2.24, 2.45) is 0 Å². The second kappa shape index (κ2) is 8.37. The summed E-state index contributed by atoms with van der Waals surface area (Å²) in [6.45, 7) is 0. The van der Waals surface area contributed by atoms with Crippen LogP contribution in [0.4, 0.5) is 0 Å². The molecule has 2 N–H and O–H groups in total. The molecule has 0 bridgehead atoms. The Kier molecular flexibility index (Phi) is 5.92. The first-order chi connectivity index (χ1) is 15.6. The summed E-state index contributed by atoms with van der Waals surface area (Å²) in [6.07, 6.45) is 0. The van der Waals surface area contributed by atoms with Gasteiger partial charge in [0.05, 0.1) is 25.5 Å². The minimum Gasteiger partial charge on any atom is -0.505 e. The van der Waals surface area contributed by atoms with Crippen LogP contribution in [0.3, 0.4) is 0 Å². The Hall–Kier alpha value is -1.40. The summed E-state index contributed by atoms with van der Waals surface area (Å²) >= 11 is 32.8. The van der Waals surface area contributed by atoms with Gasteiger partial charge in [-0.2, -0.15) is 0 Å². The summed E-state index contributed by atoms with van der Waals surface area (Å²) < 4.78 is 1.76. The van der Waals surface area contributed by atoms with Gasteiger partial charge in [0.25, 0.3) is 0 Å². The van der Waals surface area contributed by atoms with Gasteiger partial charge in [-0.3, -0.25) is 0 Å². The van der Waals surface area contributed by atoms with Crippen LogP contribution in [-0.2, 0) is 5.41 Å². The third kappa shape index (κ3) is 3.50. The molecule has 0 fully saturated rings. The molecule has 0 aromatic heterocycles. The number of rotatable bonds is 2. The van der Waals surface area contributed by atoms with E-state index < -0.39 is 5.41 Å². The van der Waals surface area contributed by atoms with E-state index in [4.69, 9.17) is 46.4 Å². The van der Waals surface area contributed by atoms with E-state index in [1.807, 2.05) is 36.4 Å². The average Bonchev–Trinajstić information content (AvgIpc) is 3.04. The Balaban J connectivity index is 2.03. The number of benzene rings is 4. The van der Waals surface area contributed by atoms with Crippen LogP contribution >= 0.6 is 78.3 Å². The number of fused-ring (bicyclic) bond motifs is 3. The molecule has 4 aromatic carbocycles. The molecule has 0 radical (unpaired) electrons. The summed E-state index contributed by atoms with van der Waals surface area (Å²) in [6, 6.07) is 18.9. The zero-order chi connectivity index (χ0) is 23.7. The van der Waals surface area contributed by atoms with E-state index in [0.29, 0.717) is 11.1 Å². The predicted octanol–water partition coefficient (Wildman–Crippen LogP) is 9.60. The number of hydrogen-bond acceptors (Lipinski definition) is 2. The highest BCUT2D eigenvalue weighted by Crippen LogP contribution is 2.59. The fourth-order valence-corrected chi connectivity index (χ4v) is 6.32. The zero-order valence-corrected chi connectivity index (χ0v) is 22.6. The molecule has 5 rings (SSSR count). The van der Waals surface area contributed by atoms with Crippen molar-refractivity contribution >= 4 is 78.3 Å². The lowest BCUT2D eigenvalue weighted by molar-refractivity contribution is 0.475. The highest BCUT2D eigenvalue weighted by atomic mass is 79.9. The highest BCUT2D eigenvalue weighted by molar-refractivity contribution is 9.10. The molecule has 166 valence electrons. The maximum Gasteiger partial charge on any atom is 0.152 e. The predicted molar refractivity (Wildman–Crippen MR) is 143 cm³/mol. The first-order valence-electron chi connectivity index (χ1n) is 9.62. The van der Waals surface area contributed by atoms with Crippen LogP contribution in [0.1, 0.15) is 22.3 Å². The van der Waals surface area contributed by atoms with Crippen LogP contribution in [0.25, 0.3) is 11.1 Å². The lowest BCUT2D eigenvalue weighted by atomic mass is 9.67. The van der Waals surface area contributed by atoms with Gasteiger partial charge in [0.2, 0.25) is 0 Å². The summed E-state index contributed by atoms with van der Waals surface area (Å²) in [4.78, 5) is 0. The smallest absolute Gasteiger partial charge is 0.152 e. The molecule has 33 heavy (non-hydrogen) atoms. The lowest BCUT2D eigenvalue weighted by Crippen LogP contribution is -2.29. The topological polar surface area (TPSA) is 40.5 Å². The van der Waals surface area contributed by atoms with E-state index in [9.17, 15) is 10.2 Å². The molecule has 0 unspecified atom stereocenters. The van der Waals surface area contributed by atoms with Crippen molar-refractivity contribution < 1.29 is 10.2 Å². The van der Waals surface area contributed by atoms with E-state index in [2.05, 4.69) is 31.9 Å². The third-order valence-electron chi connectivity index (χ3n) is 5.96. The number of aromatic hydroxyl groups is 2. The highest BCUT2D eigenvalue weighted by Gasteiger charge is 2.47. The summed E-state index contributed by atoms with van der Waals surface area (Å²) in [5, 5.41) is 21.0. The molecule has 0 spiro atoms. The Morgan fingerprint density at radius 2 is 0.879 bits per heavy atom. The Morgan fingerprint density at radius 1 is 0.545 bits per heavy atom. The van der Waals surface area contributed by atoms with Crippen LogP contribution in [0, 0.1) is 0 Å². The molecule has 0 saturated heterocycles. The van der Waals surface area contributed by atoms with Crippen molar-refractivity contribution in [2.45, 2.75) is 5.41 Å². The quantitative estimate of drug-likeness (QED) is 0.201. The van der Waals surface area contributed by atoms with Crippen molar-refractivity contribution in [2.75, 3.05) is 0 Å². The molecule has 8 heteroatoms. The first kappa shape index (κ1) is 23.3. The van der Waals surface area contributed by atoms with E-state index in [1.54, 1.807) is 24.3 Å². The minimum absolute atomic E-state index is 0.118. The van der Waals surface area contributed by atoms with Gasteiger partial charge in [-0.05, 0) is 81.9 Å². The van der Waals surface area contributed by atoms with E-state index >= 15 is 0 Å². The van der Waals surface area contributed by atoms with Gasteiger partial charge < -0.3 is 10.2 Å². The lowest BCUT2D eigenvalue weighted by Gasteiger charge is -2.34. The van der Waals surface area contributed by atoms with E-state index in [-0.39, 0.29) is 31.6 Å². The Labute approximate surface area is 226 Å². The fraction of sp³-hybridized carbons (Fsp3) is 0.0400. The molecule has 1 aliphatic carbocycles. The molecule has 0 amide bonds. The second-order valence-corrected chi connectivity index (χ2v) is 11.2. The summed E-state index contributed by atoms with van der Waals surface area (Å²) in [5.74, 6) is -0.387. The fourth-order valence-electron chi connectivity index (χ4n) is 4.62. The number of halogens is 6. The molecular formula is C25H12Br2Cl4O2. The number of phenols is 2. The molecule has 0 heterocycles. The van der Waals surface area contributed by atoms with Crippen LogP contribution in [0.5, 0.6) is 11.5 Å². The molecule has 0 saturated carbocycles. The third-order valence-corrected chi connectivity index (χ3v) is 8.10. The number of phenolic OH excluding ortho intramolecular Hbond substituents is 2. The Bertz CT molecular complexity index is 1310. The normalized spacial score (nSPS) is 13.6. The van der Waals surface area contributed by atoms with E-state index in [1.165, 1.54) is 0 Å². The molecule has 0 atom stereocenters. The minimum atomic E-state index is -0.944. The number of hydrogen-bond donors (Lipinski definition) is 2. The second-order valence-electron chi connectivity index (χ2n) is 7.71. The van der Waals surface area contributed by atoms with Crippen LogP contribution in [-0.4, -0.2) is 10.2 Å². The summed E-state index contributed by atoms with van der Waals surface area (Å²) in [7, 11) is 0. The monoisotopic (exact) mass is 642 g/mol. The van der Waals surface area contributed by atoms with Crippen molar-refractivity contribution in [1.82, 2.24) is 0 Å². The largest absolute Gasteiger partial charge is 0.505 e. The molecule has 4 aromatic rings. The SMILES string of the molecule is Oc1c(Cl)cc(C2(c3cc(Cl)c(O)c(Cl)c3)c3cc(Br)ccc3-c3ccc(Br)cc32)cc1Cl. The van der Waals surface area contributed by atoms with Gasteiger partial charge in [0.1, 0.15) is 0 Å². The Morgan fingerprint density at radius 3 is 1.21 bits per heavy atom. The van der Waals surface area contributed by atoms with Crippen molar-refractivity contribution in [3.8, 4) is 22.6 Å². The van der Waals surface area contributed by atoms with Gasteiger partial charge in [-0.1, -0.05) is 90.4 Å². The van der Waals surface area contributed by atoms with Gasteiger partial charge in [-0.25, -0.2) is 0 Å². The summed E-state index contributed by atoms with van der Waals surface area (Å²) in [5.41, 5.74) is 4.40. The van der Waals surface area contributed by atoms with Gasteiger partial charge in [-0.15, -0.1) is 0 Å². The van der Waals surface area contributed by atoms with E-state index in [0.717, 1.165) is 31.2 Å².